The van der Waals surface area contributed by atoms with Crippen molar-refractivity contribution in [1.82, 2.24) is 0 Å². The average molecular weight is 344 g/mol. The van der Waals surface area contributed by atoms with Crippen molar-refractivity contribution in [3.63, 3.8) is 0 Å². The lowest BCUT2D eigenvalue weighted by Crippen LogP contribution is -2.09. The molecule has 2 atom stereocenters. The number of rotatable bonds is 9. The molecule has 0 spiro atoms. The maximum absolute atomic E-state index is 5.12. The Kier molecular flexibility index (Phi) is 7.48. The second-order valence-electron chi connectivity index (χ2n) is 7.05. The third-order valence-electron chi connectivity index (χ3n) is 5.04. The van der Waals surface area contributed by atoms with Crippen LogP contribution in [-0.4, -0.2) is 23.1 Å². The Morgan fingerprint density at radius 1 is 1.25 bits per heavy atom. The fraction of sp³-hybridized carbons (Fsp3) is 0.545. The minimum Gasteiger partial charge on any atom is -0.262 e. The molecule has 1 aromatic carbocycles. The summed E-state index contributed by atoms with van der Waals surface area (Å²) < 4.78 is 0. The third-order valence-corrected chi connectivity index (χ3v) is 6.73. The van der Waals surface area contributed by atoms with Crippen molar-refractivity contribution in [2.45, 2.75) is 53.4 Å². The Morgan fingerprint density at radius 2 is 1.92 bits per heavy atom. The zero-order valence-corrected chi connectivity index (χ0v) is 16.7. The van der Waals surface area contributed by atoms with Crippen LogP contribution < -0.4 is 0 Å². The van der Waals surface area contributed by atoms with Crippen LogP contribution in [0.4, 0.5) is 0 Å². The van der Waals surface area contributed by atoms with Crippen molar-refractivity contribution >= 4 is 27.6 Å². The number of benzene rings is 1. The van der Waals surface area contributed by atoms with Gasteiger partial charge in [0.25, 0.3) is 0 Å². The first kappa shape index (κ1) is 19.2. The molecule has 0 radical (unpaired) electrons. The molecule has 1 aliphatic carbocycles. The van der Waals surface area contributed by atoms with Gasteiger partial charge in [-0.1, -0.05) is 50.0 Å². The van der Waals surface area contributed by atoms with E-state index in [0.29, 0.717) is 22.3 Å². The van der Waals surface area contributed by atoms with E-state index in [-0.39, 0.29) is 0 Å². The first-order chi connectivity index (χ1) is 11.5. The molecule has 1 fully saturated rings. The molecule has 1 aromatic rings. The molecule has 1 saturated carbocycles. The standard InChI is InChI=1S/C22H33NS/c1-6-24(5)16-10-11-17(2)19(4)23-22(21-14-15-21)18(3)20-12-8-7-9-13-20/h7-9,12-13,17,21H,5-6,10-11,14-16H2,1-4H3/b22-18+,23-19?. The summed E-state index contributed by atoms with van der Waals surface area (Å²) in [4.78, 5) is 5.12. The van der Waals surface area contributed by atoms with Gasteiger partial charge in [-0.3, -0.25) is 4.99 Å². The third kappa shape index (κ3) is 5.73. The predicted octanol–water partition coefficient (Wildman–Crippen LogP) is 6.43. The van der Waals surface area contributed by atoms with Crippen LogP contribution in [0.25, 0.3) is 5.57 Å². The number of aliphatic imine (C=N–C) groups is 1. The predicted molar refractivity (Wildman–Crippen MR) is 113 cm³/mol. The van der Waals surface area contributed by atoms with E-state index in [1.165, 1.54) is 59.7 Å². The van der Waals surface area contributed by atoms with Crippen LogP contribution in [0.2, 0.25) is 0 Å². The molecule has 0 heterocycles. The van der Waals surface area contributed by atoms with Crippen molar-refractivity contribution in [2.75, 3.05) is 11.5 Å². The Hall–Kier alpha value is -1.15. The minimum absolute atomic E-state index is 0.354. The van der Waals surface area contributed by atoms with E-state index >= 15 is 0 Å². The molecule has 0 amide bonds. The van der Waals surface area contributed by atoms with Crippen molar-refractivity contribution in [1.29, 1.82) is 0 Å². The van der Waals surface area contributed by atoms with Crippen LogP contribution >= 0.6 is 10.5 Å². The SMILES string of the molecule is C=S(CC)CCCC(C)C(C)=N/C(=C(\C)c1ccccc1)C1CC1. The highest BCUT2D eigenvalue weighted by Gasteiger charge is 2.28. The zero-order valence-electron chi connectivity index (χ0n) is 15.8. The van der Waals surface area contributed by atoms with Crippen LogP contribution in [0.15, 0.2) is 41.0 Å². The molecule has 0 aliphatic heterocycles. The number of nitrogens with zero attached hydrogens (tertiary/aromatic N) is 1. The van der Waals surface area contributed by atoms with Gasteiger partial charge in [-0.25, -0.2) is 0 Å². The highest BCUT2D eigenvalue weighted by atomic mass is 32.2. The van der Waals surface area contributed by atoms with E-state index in [1.807, 2.05) is 0 Å². The van der Waals surface area contributed by atoms with E-state index in [4.69, 9.17) is 4.99 Å². The fourth-order valence-corrected chi connectivity index (χ4v) is 3.78. The smallest absolute Gasteiger partial charge is 0.0468 e. The monoisotopic (exact) mass is 343 g/mol. The van der Waals surface area contributed by atoms with Crippen LogP contribution in [0.1, 0.15) is 58.9 Å². The Morgan fingerprint density at radius 3 is 2.50 bits per heavy atom. The lowest BCUT2D eigenvalue weighted by atomic mass is 9.99. The molecular formula is C22H33NS. The molecule has 2 unspecified atom stereocenters. The summed E-state index contributed by atoms with van der Waals surface area (Å²) in [5.41, 5.74) is 5.30. The Bertz CT molecular complexity index is 608. The Labute approximate surface area is 151 Å². The van der Waals surface area contributed by atoms with Gasteiger partial charge in [-0.2, -0.15) is 10.5 Å². The molecule has 0 bridgehead atoms. The highest BCUT2D eigenvalue weighted by Crippen LogP contribution is 2.41. The van der Waals surface area contributed by atoms with Gasteiger partial charge in [0.05, 0.1) is 0 Å². The minimum atomic E-state index is 0.354. The molecule has 2 heteroatoms. The normalized spacial score (nSPS) is 18.9. The van der Waals surface area contributed by atoms with Gasteiger partial charge in [0.15, 0.2) is 0 Å². The van der Waals surface area contributed by atoms with E-state index in [1.54, 1.807) is 0 Å². The highest BCUT2D eigenvalue weighted by molar-refractivity contribution is 8.14. The van der Waals surface area contributed by atoms with E-state index in [2.05, 4.69) is 63.9 Å². The quantitative estimate of drug-likeness (QED) is 0.362. The number of hydrogen-bond donors (Lipinski definition) is 0. The van der Waals surface area contributed by atoms with Gasteiger partial charge in [-0.15, -0.1) is 0 Å². The summed E-state index contributed by atoms with van der Waals surface area (Å²) in [7, 11) is 0.354. The fourth-order valence-electron chi connectivity index (χ4n) is 2.92. The second kappa shape index (κ2) is 9.36. The first-order valence-corrected chi connectivity index (χ1v) is 11.0. The summed E-state index contributed by atoms with van der Waals surface area (Å²) in [6.07, 6.45) is 5.10. The summed E-state index contributed by atoms with van der Waals surface area (Å²) >= 11 is 0. The van der Waals surface area contributed by atoms with E-state index in [0.717, 1.165) is 0 Å². The van der Waals surface area contributed by atoms with Gasteiger partial charge in [0.1, 0.15) is 0 Å². The van der Waals surface area contributed by atoms with Crippen LogP contribution in [-0.2, 0) is 0 Å². The average Bonchev–Trinajstić information content (AvgIpc) is 3.44. The number of hydrogen-bond acceptors (Lipinski definition) is 1. The molecule has 1 aliphatic rings. The molecular weight excluding hydrogens is 310 g/mol. The molecule has 132 valence electrons. The van der Waals surface area contributed by atoms with Crippen LogP contribution in [0.5, 0.6) is 0 Å². The lowest BCUT2D eigenvalue weighted by molar-refractivity contribution is 0.666. The molecule has 1 nitrogen and oxygen atoms in total. The van der Waals surface area contributed by atoms with Gasteiger partial charge >= 0.3 is 0 Å². The lowest BCUT2D eigenvalue weighted by Gasteiger charge is -2.15. The molecule has 24 heavy (non-hydrogen) atoms. The second-order valence-corrected chi connectivity index (χ2v) is 9.26. The molecule has 2 rings (SSSR count). The number of allylic oxidation sites excluding steroid dienone is 2. The maximum atomic E-state index is 5.12. The molecule has 0 N–H and O–H groups in total. The van der Waals surface area contributed by atoms with E-state index in [9.17, 15) is 0 Å². The van der Waals surface area contributed by atoms with Crippen molar-refractivity contribution in [2.24, 2.45) is 16.8 Å². The Balaban J connectivity index is 2.08. The summed E-state index contributed by atoms with van der Waals surface area (Å²) in [5, 5.41) is 0. The summed E-state index contributed by atoms with van der Waals surface area (Å²) in [6.45, 7) is 9.02. The first-order valence-electron chi connectivity index (χ1n) is 9.31. The van der Waals surface area contributed by atoms with E-state index < -0.39 is 0 Å². The zero-order chi connectivity index (χ0) is 17.5. The van der Waals surface area contributed by atoms with Crippen molar-refractivity contribution in [3.05, 3.63) is 41.6 Å². The van der Waals surface area contributed by atoms with Gasteiger partial charge in [-0.05, 0) is 68.1 Å². The van der Waals surface area contributed by atoms with Gasteiger partial charge in [0.2, 0.25) is 0 Å². The van der Waals surface area contributed by atoms with Crippen molar-refractivity contribution in [3.8, 4) is 0 Å². The largest absolute Gasteiger partial charge is 0.262 e. The summed E-state index contributed by atoms with van der Waals surface area (Å²) in [5.74, 6) is 7.95. The molecule has 0 aromatic heterocycles. The van der Waals surface area contributed by atoms with Gasteiger partial charge in [0, 0.05) is 17.3 Å². The maximum Gasteiger partial charge on any atom is 0.0468 e. The van der Waals surface area contributed by atoms with Crippen LogP contribution in [0.3, 0.4) is 0 Å². The molecule has 0 saturated heterocycles. The van der Waals surface area contributed by atoms with Crippen LogP contribution in [0, 0.1) is 11.8 Å². The van der Waals surface area contributed by atoms with Gasteiger partial charge < -0.3 is 0 Å². The van der Waals surface area contributed by atoms with Crippen molar-refractivity contribution < 1.29 is 0 Å². The summed E-state index contributed by atoms with van der Waals surface area (Å²) in [6, 6.07) is 10.7. The topological polar surface area (TPSA) is 12.4 Å².